The molecule has 3 rings (SSSR count). The van der Waals surface area contributed by atoms with Crippen molar-refractivity contribution in [3.63, 3.8) is 0 Å². The summed E-state index contributed by atoms with van der Waals surface area (Å²) in [5, 5.41) is 1.79. The van der Waals surface area contributed by atoms with E-state index in [0.29, 0.717) is 15.7 Å². The standard InChI is InChI=1S/C13H7ClFN3S/c14-11-6-18-12(7-17-11)19-10-4-5-16-13-8(10)2-1-3-9(13)15/h1-7H. The molecule has 2 heterocycles. The van der Waals surface area contributed by atoms with E-state index < -0.39 is 0 Å². The lowest BCUT2D eigenvalue weighted by atomic mass is 10.2. The van der Waals surface area contributed by atoms with Crippen LogP contribution in [-0.2, 0) is 0 Å². The molecule has 0 N–H and O–H groups in total. The summed E-state index contributed by atoms with van der Waals surface area (Å²) in [6.45, 7) is 0. The number of aromatic nitrogens is 3. The second-order valence-electron chi connectivity index (χ2n) is 3.72. The van der Waals surface area contributed by atoms with Gasteiger partial charge in [-0.2, -0.15) is 0 Å². The summed E-state index contributed by atoms with van der Waals surface area (Å²) in [6.07, 6.45) is 4.64. The molecule has 0 bridgehead atoms. The van der Waals surface area contributed by atoms with E-state index in [4.69, 9.17) is 11.6 Å². The first-order chi connectivity index (χ1) is 9.24. The maximum absolute atomic E-state index is 13.6. The molecule has 0 saturated heterocycles. The summed E-state index contributed by atoms with van der Waals surface area (Å²) in [7, 11) is 0. The van der Waals surface area contributed by atoms with Crippen LogP contribution >= 0.6 is 23.4 Å². The van der Waals surface area contributed by atoms with Crippen molar-refractivity contribution in [2.24, 2.45) is 0 Å². The molecule has 3 aromatic rings. The van der Waals surface area contributed by atoms with Gasteiger partial charge in [-0.05, 0) is 12.1 Å². The molecule has 94 valence electrons. The number of fused-ring (bicyclic) bond motifs is 1. The highest BCUT2D eigenvalue weighted by Gasteiger charge is 2.08. The van der Waals surface area contributed by atoms with E-state index in [1.807, 2.05) is 12.1 Å². The van der Waals surface area contributed by atoms with Crippen molar-refractivity contribution in [3.05, 3.63) is 53.8 Å². The average molecular weight is 292 g/mol. The van der Waals surface area contributed by atoms with Crippen LogP contribution in [-0.4, -0.2) is 15.0 Å². The number of hydrogen-bond acceptors (Lipinski definition) is 4. The van der Waals surface area contributed by atoms with Crippen LogP contribution in [0.15, 0.2) is 52.8 Å². The molecule has 0 unspecified atom stereocenters. The van der Waals surface area contributed by atoms with Crippen LogP contribution in [0.1, 0.15) is 0 Å². The predicted octanol–water partition coefficient (Wildman–Crippen LogP) is 3.97. The maximum atomic E-state index is 13.6. The molecule has 0 aliphatic heterocycles. The van der Waals surface area contributed by atoms with Crippen molar-refractivity contribution in [3.8, 4) is 0 Å². The predicted molar refractivity (Wildman–Crippen MR) is 72.9 cm³/mol. The third kappa shape index (κ3) is 2.52. The number of rotatable bonds is 2. The van der Waals surface area contributed by atoms with Crippen LogP contribution in [0.25, 0.3) is 10.9 Å². The Morgan fingerprint density at radius 2 is 1.95 bits per heavy atom. The maximum Gasteiger partial charge on any atom is 0.149 e. The summed E-state index contributed by atoms with van der Waals surface area (Å²) < 4.78 is 13.6. The van der Waals surface area contributed by atoms with Crippen molar-refractivity contribution < 1.29 is 4.39 Å². The molecule has 0 spiro atoms. The molecule has 0 atom stereocenters. The Kier molecular flexibility index (Phi) is 3.31. The summed E-state index contributed by atoms with van der Waals surface area (Å²) in [6, 6.07) is 6.71. The van der Waals surface area contributed by atoms with Crippen molar-refractivity contribution in [2.45, 2.75) is 9.92 Å². The van der Waals surface area contributed by atoms with Gasteiger partial charge in [0.1, 0.15) is 21.5 Å². The van der Waals surface area contributed by atoms with E-state index >= 15 is 0 Å². The summed E-state index contributed by atoms with van der Waals surface area (Å²) in [5.41, 5.74) is 0.356. The Balaban J connectivity index is 2.06. The molecule has 19 heavy (non-hydrogen) atoms. The molecule has 0 radical (unpaired) electrons. The van der Waals surface area contributed by atoms with Gasteiger partial charge in [0.15, 0.2) is 0 Å². The lowest BCUT2D eigenvalue weighted by molar-refractivity contribution is 0.636. The molecular weight excluding hydrogens is 285 g/mol. The van der Waals surface area contributed by atoms with Gasteiger partial charge in [-0.25, -0.2) is 14.4 Å². The number of benzene rings is 1. The van der Waals surface area contributed by atoms with Gasteiger partial charge in [0.05, 0.1) is 12.4 Å². The van der Waals surface area contributed by atoms with Gasteiger partial charge in [0.25, 0.3) is 0 Å². The van der Waals surface area contributed by atoms with E-state index in [1.54, 1.807) is 18.5 Å². The third-order valence-corrected chi connectivity index (χ3v) is 3.68. The second kappa shape index (κ2) is 5.11. The highest BCUT2D eigenvalue weighted by atomic mass is 35.5. The molecule has 2 aromatic heterocycles. The zero-order valence-electron chi connectivity index (χ0n) is 9.55. The second-order valence-corrected chi connectivity index (χ2v) is 5.17. The summed E-state index contributed by atoms with van der Waals surface area (Å²) in [4.78, 5) is 13.1. The number of para-hydroxylation sites is 1. The lowest BCUT2D eigenvalue weighted by Gasteiger charge is -2.05. The Hall–Kier alpha value is -1.72. The first kappa shape index (κ1) is 12.3. The minimum atomic E-state index is -0.331. The van der Waals surface area contributed by atoms with Crippen molar-refractivity contribution in [1.82, 2.24) is 15.0 Å². The fraction of sp³-hybridized carbons (Fsp3) is 0. The van der Waals surface area contributed by atoms with Crippen molar-refractivity contribution in [1.29, 1.82) is 0 Å². The first-order valence-corrected chi connectivity index (χ1v) is 6.62. The van der Waals surface area contributed by atoms with Gasteiger partial charge >= 0.3 is 0 Å². The Morgan fingerprint density at radius 1 is 1.05 bits per heavy atom. The molecule has 0 fully saturated rings. The molecule has 3 nitrogen and oxygen atoms in total. The smallest absolute Gasteiger partial charge is 0.149 e. The number of halogens is 2. The Bertz CT molecular complexity index is 734. The van der Waals surface area contributed by atoms with Crippen LogP contribution in [0.2, 0.25) is 5.15 Å². The monoisotopic (exact) mass is 291 g/mol. The van der Waals surface area contributed by atoms with Crippen LogP contribution in [0.3, 0.4) is 0 Å². The Labute approximate surface area is 117 Å². The van der Waals surface area contributed by atoms with E-state index in [1.165, 1.54) is 24.0 Å². The topological polar surface area (TPSA) is 38.7 Å². The lowest BCUT2D eigenvalue weighted by Crippen LogP contribution is -1.87. The van der Waals surface area contributed by atoms with Crippen molar-refractivity contribution >= 4 is 34.3 Å². The molecule has 0 saturated carbocycles. The van der Waals surface area contributed by atoms with E-state index in [9.17, 15) is 4.39 Å². The van der Waals surface area contributed by atoms with Gasteiger partial charge < -0.3 is 0 Å². The van der Waals surface area contributed by atoms with E-state index in [2.05, 4.69) is 15.0 Å². The minimum Gasteiger partial charge on any atom is -0.253 e. The zero-order valence-corrected chi connectivity index (χ0v) is 11.1. The van der Waals surface area contributed by atoms with Crippen molar-refractivity contribution in [2.75, 3.05) is 0 Å². The fourth-order valence-electron chi connectivity index (χ4n) is 1.67. The third-order valence-electron chi connectivity index (χ3n) is 2.49. The summed E-state index contributed by atoms with van der Waals surface area (Å²) in [5.74, 6) is -0.331. The van der Waals surface area contributed by atoms with Crippen LogP contribution in [0.4, 0.5) is 4.39 Å². The van der Waals surface area contributed by atoms with Gasteiger partial charge in [-0.15, -0.1) is 0 Å². The van der Waals surface area contributed by atoms with Gasteiger partial charge in [-0.3, -0.25) is 4.98 Å². The number of pyridine rings is 1. The van der Waals surface area contributed by atoms with Crippen LogP contribution in [0, 0.1) is 5.82 Å². The SMILES string of the molecule is Fc1cccc2c(Sc3cnc(Cl)cn3)ccnc12. The largest absolute Gasteiger partial charge is 0.253 e. The highest BCUT2D eigenvalue weighted by Crippen LogP contribution is 2.32. The minimum absolute atomic E-state index is 0.331. The molecule has 0 aliphatic rings. The van der Waals surface area contributed by atoms with Gasteiger partial charge in [0.2, 0.25) is 0 Å². The normalized spacial score (nSPS) is 10.8. The fourth-order valence-corrected chi connectivity index (χ4v) is 2.61. The van der Waals surface area contributed by atoms with E-state index in [0.717, 1.165) is 10.3 Å². The Morgan fingerprint density at radius 3 is 2.74 bits per heavy atom. The molecule has 0 aliphatic carbocycles. The van der Waals surface area contributed by atoms with Gasteiger partial charge in [0, 0.05) is 16.5 Å². The van der Waals surface area contributed by atoms with Crippen LogP contribution < -0.4 is 0 Å². The molecule has 0 amide bonds. The molecule has 6 heteroatoms. The number of nitrogens with zero attached hydrogens (tertiary/aromatic N) is 3. The van der Waals surface area contributed by atoms with E-state index in [-0.39, 0.29) is 5.82 Å². The summed E-state index contributed by atoms with van der Waals surface area (Å²) >= 11 is 7.08. The zero-order chi connectivity index (χ0) is 13.2. The highest BCUT2D eigenvalue weighted by molar-refractivity contribution is 7.99. The molecular formula is C13H7ClFN3S. The van der Waals surface area contributed by atoms with Gasteiger partial charge in [-0.1, -0.05) is 35.5 Å². The first-order valence-electron chi connectivity index (χ1n) is 5.43. The number of hydrogen-bond donors (Lipinski definition) is 0. The average Bonchev–Trinajstić information content (AvgIpc) is 2.43. The van der Waals surface area contributed by atoms with Crippen LogP contribution in [0.5, 0.6) is 0 Å². The quantitative estimate of drug-likeness (QED) is 0.716. The molecule has 1 aromatic carbocycles.